The Morgan fingerprint density at radius 3 is 1.66 bits per heavy atom. The first-order valence-electron chi connectivity index (χ1n) is 23.8. The third-order valence-corrected chi connectivity index (χ3v) is 12.6. The number of aromatic hydroxyl groups is 1. The number of phenols is 1. The zero-order valence-corrected chi connectivity index (χ0v) is 42.7. The number of carbonyl (C=O) groups excluding carboxylic acids is 8. The van der Waals surface area contributed by atoms with Crippen LogP contribution in [0.3, 0.4) is 0 Å². The molecule has 0 aliphatic rings. The topological polar surface area (TPSA) is 339 Å². The number of nitrogens with two attached hydrogens (primary N) is 3. The molecular weight excluding hydrogens is 977 g/mol. The third kappa shape index (κ3) is 18.1. The molecule has 0 aromatic heterocycles. The Hall–Kier alpha value is -6.72. The van der Waals surface area contributed by atoms with E-state index in [0.717, 1.165) is 16.3 Å². The number of hydrogen-bond donors (Lipinski definition) is 14. The first kappa shape index (κ1) is 58.8. The molecule has 0 aliphatic heterocycles. The molecule has 20 nitrogen and oxygen atoms in total. The van der Waals surface area contributed by atoms with Gasteiger partial charge in [0.15, 0.2) is 0 Å². The molecule has 73 heavy (non-hydrogen) atoms. The Bertz CT molecular complexity index is 2520. The highest BCUT2D eigenvalue weighted by atomic mass is 32.1. The van der Waals surface area contributed by atoms with Crippen molar-refractivity contribution in [3.05, 3.63) is 114 Å². The van der Waals surface area contributed by atoms with E-state index in [1.807, 2.05) is 42.5 Å². The Balaban J connectivity index is 1.56. The van der Waals surface area contributed by atoms with E-state index in [1.165, 1.54) is 19.1 Å². The van der Waals surface area contributed by atoms with Crippen LogP contribution in [0.25, 0.3) is 10.8 Å². The molecule has 0 bridgehead atoms. The van der Waals surface area contributed by atoms with E-state index in [4.69, 9.17) is 17.2 Å². The lowest BCUT2D eigenvalue weighted by Gasteiger charge is -2.29. The quantitative estimate of drug-likeness (QED) is 0.0263. The Morgan fingerprint density at radius 1 is 0.548 bits per heavy atom. The fourth-order valence-electron chi connectivity index (χ4n) is 7.67. The van der Waals surface area contributed by atoms with E-state index in [-0.39, 0.29) is 43.1 Å². The number of benzene rings is 4. The summed E-state index contributed by atoms with van der Waals surface area (Å²) in [5.74, 6) is -7.55. The SMILES string of the molecule is CC(C)[C@H](NC(=O)[C@H](CCCCN)NC(=O)[C@H](NC(=O)[C@H](Cc1ccc(O)cc1)NC(=O)[C@H](CS)NC(=O)[C@@H](N)Cc1ccc2ccccc2c1)c1ccccc1)C(=O)N[C@@H](CS)C(=O)N[C@H](C(N)=O)[C@@H](C)O. The van der Waals surface area contributed by atoms with E-state index >= 15 is 0 Å². The van der Waals surface area contributed by atoms with Crippen LogP contribution in [0.4, 0.5) is 0 Å². The van der Waals surface area contributed by atoms with Gasteiger partial charge in [0.2, 0.25) is 47.3 Å². The summed E-state index contributed by atoms with van der Waals surface area (Å²) in [4.78, 5) is 109. The molecule has 0 heterocycles. The van der Waals surface area contributed by atoms with Gasteiger partial charge in [-0.2, -0.15) is 25.3 Å². The zero-order chi connectivity index (χ0) is 53.8. The van der Waals surface area contributed by atoms with Crippen molar-refractivity contribution < 1.29 is 48.6 Å². The molecule has 0 spiro atoms. The van der Waals surface area contributed by atoms with Gasteiger partial charge in [-0.1, -0.05) is 98.8 Å². The second-order valence-corrected chi connectivity index (χ2v) is 18.7. The summed E-state index contributed by atoms with van der Waals surface area (Å²) < 4.78 is 0. The molecule has 394 valence electrons. The fourth-order valence-corrected chi connectivity index (χ4v) is 8.18. The molecule has 0 aliphatic carbocycles. The summed E-state index contributed by atoms with van der Waals surface area (Å²) in [6.07, 6.45) is -0.439. The summed E-state index contributed by atoms with van der Waals surface area (Å²) in [5.41, 5.74) is 19.0. The minimum atomic E-state index is -1.46. The van der Waals surface area contributed by atoms with Crippen molar-refractivity contribution >= 4 is 83.3 Å². The number of aliphatic hydroxyl groups is 1. The lowest BCUT2D eigenvalue weighted by atomic mass is 10.00. The van der Waals surface area contributed by atoms with Crippen LogP contribution < -0.4 is 54.4 Å². The summed E-state index contributed by atoms with van der Waals surface area (Å²) >= 11 is 8.49. The number of phenolic OH excluding ortho intramolecular Hbond substituents is 1. The van der Waals surface area contributed by atoms with E-state index in [1.54, 1.807) is 56.3 Å². The minimum Gasteiger partial charge on any atom is -0.508 e. The molecule has 8 amide bonds. The highest BCUT2D eigenvalue weighted by Gasteiger charge is 2.36. The van der Waals surface area contributed by atoms with Crippen molar-refractivity contribution in [1.82, 2.24) is 37.2 Å². The van der Waals surface area contributed by atoms with Crippen LogP contribution in [0.1, 0.15) is 62.8 Å². The highest BCUT2D eigenvalue weighted by Crippen LogP contribution is 2.19. The van der Waals surface area contributed by atoms with E-state index < -0.39 is 108 Å². The van der Waals surface area contributed by atoms with Gasteiger partial charge in [0, 0.05) is 17.9 Å². The molecule has 4 aromatic rings. The molecule has 0 unspecified atom stereocenters. The molecule has 0 saturated heterocycles. The number of aliphatic hydroxyl groups excluding tert-OH is 1. The van der Waals surface area contributed by atoms with Gasteiger partial charge in [-0.25, -0.2) is 0 Å². The van der Waals surface area contributed by atoms with Gasteiger partial charge >= 0.3 is 0 Å². The molecule has 22 heteroatoms. The second-order valence-electron chi connectivity index (χ2n) is 18.0. The number of rotatable bonds is 28. The summed E-state index contributed by atoms with van der Waals surface area (Å²) in [5, 5.41) is 40.2. The van der Waals surface area contributed by atoms with Crippen molar-refractivity contribution in [1.29, 1.82) is 0 Å². The number of hydrogen-bond acceptors (Lipinski definition) is 14. The molecule has 0 saturated carbocycles. The van der Waals surface area contributed by atoms with Crippen molar-refractivity contribution in [3.63, 3.8) is 0 Å². The maximum atomic E-state index is 14.5. The number of fused-ring (bicyclic) bond motifs is 1. The summed E-state index contributed by atoms with van der Waals surface area (Å²) in [6, 6.07) is 17.0. The van der Waals surface area contributed by atoms with Crippen molar-refractivity contribution in [2.75, 3.05) is 18.1 Å². The standard InChI is InChI=1S/C51H68N10O10S2/c1-28(2)41(50(70)58-40(27-73)49(69)60-42(29(3)62)44(54)64)59-46(66)37(15-9-10-22-52)55-51(71)43(33-12-5-4-6-13-33)61-47(67)38(25-30-17-20-35(63)21-18-30)56-48(68)39(26-72)57-45(65)36(53)24-31-16-19-32-11-7-8-14-34(32)23-31/h4-8,11-14,16-21,23,28-29,36-43,62-63,72-73H,9-10,15,22,24-27,52-53H2,1-3H3,(H2,54,64)(H,55,71)(H,56,68)(H,57,65)(H,58,70)(H,59,66)(H,60,69)(H,61,67)/t29-,36+,37+,38+,39+,40+,41+,42+,43-/m1/s1. The van der Waals surface area contributed by atoms with Crippen LogP contribution in [0.15, 0.2) is 97.1 Å². The Labute approximate surface area is 435 Å². The smallest absolute Gasteiger partial charge is 0.247 e. The number of unbranched alkanes of at least 4 members (excludes halogenated alkanes) is 1. The predicted octanol–water partition coefficient (Wildman–Crippen LogP) is -0.0651. The largest absolute Gasteiger partial charge is 0.508 e. The molecular formula is C51H68N10O10S2. The number of primary amides is 1. The lowest BCUT2D eigenvalue weighted by Crippen LogP contribution is -2.61. The Morgan fingerprint density at radius 2 is 1.07 bits per heavy atom. The van der Waals surface area contributed by atoms with Crippen molar-refractivity contribution in [3.8, 4) is 5.75 Å². The number of amides is 8. The molecule has 4 rings (SSSR count). The third-order valence-electron chi connectivity index (χ3n) is 11.8. The van der Waals surface area contributed by atoms with E-state index in [2.05, 4.69) is 62.5 Å². The first-order chi connectivity index (χ1) is 34.8. The van der Waals surface area contributed by atoms with Crippen molar-refractivity contribution in [2.45, 2.75) is 107 Å². The molecule has 0 fully saturated rings. The maximum Gasteiger partial charge on any atom is 0.247 e. The normalized spacial score (nSPS) is 14.9. The van der Waals surface area contributed by atoms with Crippen LogP contribution in [0.2, 0.25) is 0 Å². The lowest BCUT2D eigenvalue weighted by molar-refractivity contribution is -0.136. The minimum absolute atomic E-state index is 0.0455. The monoisotopic (exact) mass is 1040 g/mol. The van der Waals surface area contributed by atoms with Gasteiger partial charge in [-0.05, 0) is 84.7 Å². The average molecular weight is 1050 g/mol. The van der Waals surface area contributed by atoms with Crippen molar-refractivity contribution in [2.24, 2.45) is 23.1 Å². The number of nitrogens with one attached hydrogen (secondary N) is 7. The highest BCUT2D eigenvalue weighted by molar-refractivity contribution is 7.80. The Kier molecular flexibility index (Phi) is 23.5. The molecule has 15 N–H and O–H groups in total. The van der Waals surface area contributed by atoms with Crippen LogP contribution >= 0.6 is 25.3 Å². The van der Waals surface area contributed by atoms with Crippen LogP contribution in [-0.2, 0) is 51.2 Å². The molecule has 9 atom stereocenters. The zero-order valence-electron chi connectivity index (χ0n) is 41.0. The van der Waals surface area contributed by atoms with Crippen LogP contribution in [0, 0.1) is 5.92 Å². The van der Waals surface area contributed by atoms with Gasteiger partial charge in [0.1, 0.15) is 48.0 Å². The van der Waals surface area contributed by atoms with E-state index in [9.17, 15) is 48.6 Å². The van der Waals surface area contributed by atoms with Gasteiger partial charge in [-0.3, -0.25) is 38.4 Å². The average Bonchev–Trinajstić information content (AvgIpc) is 3.36. The van der Waals surface area contributed by atoms with Gasteiger partial charge in [0.25, 0.3) is 0 Å². The fraction of sp³-hybridized carbons (Fsp3) is 0.412. The van der Waals surface area contributed by atoms with Gasteiger partial charge in [0.05, 0.1) is 12.1 Å². The van der Waals surface area contributed by atoms with Gasteiger partial charge < -0.3 is 64.6 Å². The summed E-state index contributed by atoms with van der Waals surface area (Å²) in [7, 11) is 0. The van der Waals surface area contributed by atoms with E-state index in [0.29, 0.717) is 24.0 Å². The molecule has 4 aromatic carbocycles. The predicted molar refractivity (Wildman–Crippen MR) is 283 cm³/mol. The van der Waals surface area contributed by atoms with Gasteiger partial charge in [-0.15, -0.1) is 0 Å². The first-order valence-corrected chi connectivity index (χ1v) is 25.1. The number of thiol groups is 2. The van der Waals surface area contributed by atoms with Crippen LogP contribution in [0.5, 0.6) is 5.75 Å². The van der Waals surface area contributed by atoms with Crippen LogP contribution in [-0.4, -0.2) is 124 Å². The summed E-state index contributed by atoms with van der Waals surface area (Å²) in [6.45, 7) is 4.80. The number of carbonyl (C=O) groups is 8. The molecule has 0 radical (unpaired) electrons. The second kappa shape index (κ2) is 29.1. The maximum absolute atomic E-state index is 14.5.